The highest BCUT2D eigenvalue weighted by Crippen LogP contribution is 2.33. The fourth-order valence-electron chi connectivity index (χ4n) is 5.95. The number of rotatable bonds is 10. The maximum absolute atomic E-state index is 14.2. The van der Waals surface area contributed by atoms with Crippen LogP contribution in [0, 0.1) is 5.92 Å². The summed E-state index contributed by atoms with van der Waals surface area (Å²) >= 11 is 0. The number of benzene rings is 3. The Kier molecular flexibility index (Phi) is 9.02. The highest BCUT2D eigenvalue weighted by Gasteiger charge is 2.27. The molecule has 1 saturated carbocycles. The molecule has 5 heteroatoms. The highest BCUT2D eigenvalue weighted by molar-refractivity contribution is 6.09. The summed E-state index contributed by atoms with van der Waals surface area (Å²) in [6, 6.07) is 28.5. The van der Waals surface area contributed by atoms with E-state index >= 15 is 0 Å². The van der Waals surface area contributed by atoms with Crippen LogP contribution in [-0.4, -0.2) is 40.1 Å². The first-order valence-corrected chi connectivity index (χ1v) is 14.3. The van der Waals surface area contributed by atoms with E-state index in [2.05, 4.69) is 41.4 Å². The number of aliphatic hydroxyl groups excluding tert-OH is 1. The van der Waals surface area contributed by atoms with Crippen LogP contribution in [0.15, 0.2) is 84.9 Å². The first-order chi connectivity index (χ1) is 19.1. The first kappa shape index (κ1) is 27.0. The number of fused-ring (bicyclic) bond motifs is 1. The Labute approximate surface area is 231 Å². The van der Waals surface area contributed by atoms with E-state index in [1.54, 1.807) is 0 Å². The number of aliphatic hydroxyl groups is 1. The molecule has 1 heterocycles. The van der Waals surface area contributed by atoms with E-state index in [1.165, 1.54) is 32.1 Å². The van der Waals surface area contributed by atoms with Gasteiger partial charge in [-0.15, -0.1) is 0 Å². The lowest BCUT2D eigenvalue weighted by Crippen LogP contribution is -2.39. The number of carbonyl (C=O) groups excluding carboxylic acids is 1. The Hall–Kier alpha value is -3.54. The second kappa shape index (κ2) is 13.0. The summed E-state index contributed by atoms with van der Waals surface area (Å²) in [5.41, 5.74) is 5.37. The lowest BCUT2D eigenvalue weighted by Gasteiger charge is -2.29. The van der Waals surface area contributed by atoms with Crippen molar-refractivity contribution in [2.75, 3.05) is 13.2 Å². The van der Waals surface area contributed by atoms with Gasteiger partial charge in [0, 0.05) is 42.2 Å². The minimum Gasteiger partial charge on any atom is -0.395 e. The SMILES string of the molecule is C[C@H](NC(=O)c1c(CN(CCO)Cc2ccccc2)c(-c2ccccc2)nc2ccccc12)C1CCCCC1. The fraction of sp³-hybridized carbons (Fsp3) is 0.353. The van der Waals surface area contributed by atoms with Crippen molar-refractivity contribution in [3.63, 3.8) is 0 Å². The number of amides is 1. The molecular weight excluding hydrogens is 482 g/mol. The van der Waals surface area contributed by atoms with Crippen molar-refractivity contribution in [3.05, 3.63) is 102 Å². The smallest absolute Gasteiger partial charge is 0.252 e. The molecular formula is C34H39N3O2. The van der Waals surface area contributed by atoms with Crippen molar-refractivity contribution in [3.8, 4) is 11.3 Å². The molecule has 0 radical (unpaired) electrons. The van der Waals surface area contributed by atoms with Crippen LogP contribution in [0.1, 0.15) is 60.5 Å². The van der Waals surface area contributed by atoms with Crippen molar-refractivity contribution in [1.82, 2.24) is 15.2 Å². The van der Waals surface area contributed by atoms with Gasteiger partial charge in [0.25, 0.3) is 5.91 Å². The number of nitrogens with zero attached hydrogens (tertiary/aromatic N) is 2. The third-order valence-electron chi connectivity index (χ3n) is 8.03. The third kappa shape index (κ3) is 6.55. The minimum atomic E-state index is -0.0393. The summed E-state index contributed by atoms with van der Waals surface area (Å²) in [6.07, 6.45) is 6.10. The largest absolute Gasteiger partial charge is 0.395 e. The van der Waals surface area contributed by atoms with Gasteiger partial charge in [-0.1, -0.05) is 98.1 Å². The number of para-hydroxylation sites is 1. The number of pyridine rings is 1. The lowest BCUT2D eigenvalue weighted by atomic mass is 9.84. The van der Waals surface area contributed by atoms with Gasteiger partial charge < -0.3 is 10.4 Å². The van der Waals surface area contributed by atoms with Gasteiger partial charge in [0.1, 0.15) is 0 Å². The summed E-state index contributed by atoms with van der Waals surface area (Å²) in [6.45, 7) is 3.85. The monoisotopic (exact) mass is 521 g/mol. The molecule has 0 bridgehead atoms. The molecule has 3 aromatic carbocycles. The van der Waals surface area contributed by atoms with Crippen LogP contribution in [-0.2, 0) is 13.1 Å². The molecule has 1 fully saturated rings. The molecule has 0 saturated heterocycles. The van der Waals surface area contributed by atoms with Gasteiger partial charge in [-0.25, -0.2) is 4.98 Å². The van der Waals surface area contributed by atoms with Crippen LogP contribution in [0.4, 0.5) is 0 Å². The summed E-state index contributed by atoms with van der Waals surface area (Å²) in [7, 11) is 0. The average Bonchev–Trinajstić information content (AvgIpc) is 2.98. The number of nitrogens with one attached hydrogen (secondary N) is 1. The van der Waals surface area contributed by atoms with Gasteiger partial charge >= 0.3 is 0 Å². The Morgan fingerprint density at radius 3 is 2.31 bits per heavy atom. The van der Waals surface area contributed by atoms with Crippen LogP contribution < -0.4 is 5.32 Å². The summed E-state index contributed by atoms with van der Waals surface area (Å²) in [5, 5.41) is 14.2. The standard InChI is InChI=1S/C34H39N3O2/c1-25(27-15-7-3-8-16-27)35-34(39)32-29-19-11-12-20-31(29)36-33(28-17-9-4-10-18-28)30(32)24-37(21-22-38)23-26-13-5-2-6-14-26/h2,4-6,9-14,17-20,25,27,38H,3,7-8,15-16,21-24H2,1H3,(H,35,39)/t25-/m0/s1. The van der Waals surface area contributed by atoms with E-state index in [-0.39, 0.29) is 18.6 Å². The van der Waals surface area contributed by atoms with Crippen LogP contribution in [0.2, 0.25) is 0 Å². The second-order valence-corrected chi connectivity index (χ2v) is 10.8. The van der Waals surface area contributed by atoms with Crippen molar-refractivity contribution >= 4 is 16.8 Å². The van der Waals surface area contributed by atoms with Gasteiger partial charge in [-0.3, -0.25) is 9.69 Å². The molecule has 0 unspecified atom stereocenters. The Bertz CT molecular complexity index is 1370. The molecule has 1 aliphatic carbocycles. The molecule has 0 spiro atoms. The summed E-state index contributed by atoms with van der Waals surface area (Å²) < 4.78 is 0. The Morgan fingerprint density at radius 2 is 1.59 bits per heavy atom. The van der Waals surface area contributed by atoms with Crippen molar-refractivity contribution < 1.29 is 9.90 Å². The highest BCUT2D eigenvalue weighted by atomic mass is 16.3. The van der Waals surface area contributed by atoms with E-state index in [1.807, 2.05) is 60.7 Å². The quantitative estimate of drug-likeness (QED) is 0.247. The van der Waals surface area contributed by atoms with Crippen LogP contribution in [0.3, 0.4) is 0 Å². The average molecular weight is 522 g/mol. The fourth-order valence-corrected chi connectivity index (χ4v) is 5.95. The third-order valence-corrected chi connectivity index (χ3v) is 8.03. The predicted octanol–water partition coefficient (Wildman–Crippen LogP) is 6.59. The van der Waals surface area contributed by atoms with Crippen LogP contribution >= 0.6 is 0 Å². The first-order valence-electron chi connectivity index (χ1n) is 14.3. The number of hydrogen-bond donors (Lipinski definition) is 2. The van der Waals surface area contributed by atoms with Crippen LogP contribution in [0.5, 0.6) is 0 Å². The molecule has 1 atom stereocenters. The predicted molar refractivity (Wildman–Crippen MR) is 158 cm³/mol. The maximum Gasteiger partial charge on any atom is 0.252 e. The molecule has 202 valence electrons. The molecule has 1 aliphatic rings. The van der Waals surface area contributed by atoms with Gasteiger partial charge in [0.15, 0.2) is 0 Å². The van der Waals surface area contributed by atoms with E-state index in [9.17, 15) is 9.90 Å². The normalized spacial score (nSPS) is 14.9. The van der Waals surface area contributed by atoms with E-state index < -0.39 is 0 Å². The summed E-state index contributed by atoms with van der Waals surface area (Å²) in [4.78, 5) is 21.5. The van der Waals surface area contributed by atoms with Crippen molar-refractivity contribution in [2.45, 2.75) is 58.2 Å². The minimum absolute atomic E-state index is 0.0365. The molecule has 0 aliphatic heterocycles. The number of aromatic nitrogens is 1. The van der Waals surface area contributed by atoms with Gasteiger partial charge in [0.2, 0.25) is 0 Å². The second-order valence-electron chi connectivity index (χ2n) is 10.8. The van der Waals surface area contributed by atoms with E-state index in [4.69, 9.17) is 4.98 Å². The van der Waals surface area contributed by atoms with Gasteiger partial charge in [-0.05, 0) is 37.3 Å². The van der Waals surface area contributed by atoms with E-state index in [0.717, 1.165) is 33.3 Å². The zero-order valence-electron chi connectivity index (χ0n) is 22.9. The molecule has 1 amide bonds. The van der Waals surface area contributed by atoms with Crippen molar-refractivity contribution in [2.24, 2.45) is 5.92 Å². The molecule has 5 rings (SSSR count). The molecule has 2 N–H and O–H groups in total. The van der Waals surface area contributed by atoms with Crippen molar-refractivity contribution in [1.29, 1.82) is 0 Å². The molecule has 5 nitrogen and oxygen atoms in total. The Morgan fingerprint density at radius 1 is 0.923 bits per heavy atom. The van der Waals surface area contributed by atoms with Crippen LogP contribution in [0.25, 0.3) is 22.2 Å². The molecule has 4 aromatic rings. The van der Waals surface area contributed by atoms with E-state index in [0.29, 0.717) is 31.1 Å². The topological polar surface area (TPSA) is 65.5 Å². The molecule has 1 aromatic heterocycles. The number of hydrogen-bond acceptors (Lipinski definition) is 4. The van der Waals surface area contributed by atoms with Gasteiger partial charge in [0.05, 0.1) is 23.4 Å². The molecule has 39 heavy (non-hydrogen) atoms. The zero-order chi connectivity index (χ0) is 27.0. The zero-order valence-corrected chi connectivity index (χ0v) is 22.9. The number of carbonyl (C=O) groups is 1. The Balaban J connectivity index is 1.60. The summed E-state index contributed by atoms with van der Waals surface area (Å²) in [5.74, 6) is 0.472. The lowest BCUT2D eigenvalue weighted by molar-refractivity contribution is 0.0918. The maximum atomic E-state index is 14.2. The van der Waals surface area contributed by atoms with Gasteiger partial charge in [-0.2, -0.15) is 0 Å².